The number of rotatable bonds is 4. The molecule has 0 radical (unpaired) electrons. The van der Waals surface area contributed by atoms with Gasteiger partial charge in [-0.1, -0.05) is 36.5 Å². The fourth-order valence-corrected chi connectivity index (χ4v) is 2.21. The number of aromatic nitrogens is 2. The van der Waals surface area contributed by atoms with E-state index in [0.717, 1.165) is 18.5 Å². The van der Waals surface area contributed by atoms with Crippen LogP contribution in [0.25, 0.3) is 0 Å². The summed E-state index contributed by atoms with van der Waals surface area (Å²) in [4.78, 5) is 12.1. The fraction of sp³-hybridized carbons (Fsp3) is 0.231. The van der Waals surface area contributed by atoms with Crippen LogP contribution in [0.3, 0.4) is 0 Å². The number of aryl methyl sites for hydroxylation is 1. The number of nitrogens with two attached hydrogens (primary N) is 1. The molecule has 4 N–H and O–H groups in total. The molecule has 0 aliphatic heterocycles. The molecular formula is C13H14Cl2N4O. The number of carbonyl (C=O) groups is 1. The van der Waals surface area contributed by atoms with Crippen molar-refractivity contribution in [2.75, 3.05) is 11.1 Å². The minimum absolute atomic E-state index is 0.247. The second kappa shape index (κ2) is 6.15. The number of aromatic amines is 1. The van der Waals surface area contributed by atoms with Gasteiger partial charge in [-0.2, -0.15) is 5.10 Å². The van der Waals surface area contributed by atoms with E-state index < -0.39 is 0 Å². The van der Waals surface area contributed by atoms with Crippen LogP contribution in [-0.2, 0) is 6.42 Å². The van der Waals surface area contributed by atoms with E-state index >= 15 is 0 Å². The summed E-state index contributed by atoms with van der Waals surface area (Å²) in [5.74, 6) is 0.117. The number of hydrogen-bond donors (Lipinski definition) is 3. The van der Waals surface area contributed by atoms with Crippen LogP contribution >= 0.6 is 23.2 Å². The molecule has 0 aliphatic carbocycles. The van der Waals surface area contributed by atoms with Crippen molar-refractivity contribution in [3.05, 3.63) is 39.5 Å². The van der Waals surface area contributed by atoms with E-state index in [-0.39, 0.29) is 21.6 Å². The molecule has 1 aromatic heterocycles. The highest BCUT2D eigenvalue weighted by atomic mass is 35.5. The first-order valence-corrected chi connectivity index (χ1v) is 6.87. The van der Waals surface area contributed by atoms with Crippen molar-refractivity contribution in [2.24, 2.45) is 0 Å². The van der Waals surface area contributed by atoms with E-state index in [1.807, 2.05) is 0 Å². The highest BCUT2D eigenvalue weighted by Gasteiger charge is 2.12. The summed E-state index contributed by atoms with van der Waals surface area (Å²) in [5, 5.41) is 10.0. The van der Waals surface area contributed by atoms with Gasteiger partial charge in [0.2, 0.25) is 0 Å². The molecule has 0 unspecified atom stereocenters. The predicted octanol–water partition coefficient (Wildman–Crippen LogP) is 3.50. The lowest BCUT2D eigenvalue weighted by atomic mass is 10.2. The molecular weight excluding hydrogens is 299 g/mol. The largest absolute Gasteiger partial charge is 0.396 e. The number of anilines is 2. The number of halogens is 2. The Labute approximate surface area is 126 Å². The monoisotopic (exact) mass is 312 g/mol. The highest BCUT2D eigenvalue weighted by Crippen LogP contribution is 2.29. The van der Waals surface area contributed by atoms with Crippen LogP contribution in [0.4, 0.5) is 11.5 Å². The van der Waals surface area contributed by atoms with Crippen LogP contribution in [0, 0.1) is 0 Å². The number of nitrogens with zero attached hydrogens (tertiary/aromatic N) is 1. The molecule has 0 saturated carbocycles. The smallest absolute Gasteiger partial charge is 0.256 e. The van der Waals surface area contributed by atoms with Crippen molar-refractivity contribution in [1.82, 2.24) is 10.2 Å². The molecule has 0 bridgehead atoms. The van der Waals surface area contributed by atoms with Crippen molar-refractivity contribution in [1.29, 1.82) is 0 Å². The predicted molar refractivity (Wildman–Crippen MR) is 81.4 cm³/mol. The van der Waals surface area contributed by atoms with Crippen molar-refractivity contribution in [3.63, 3.8) is 0 Å². The van der Waals surface area contributed by atoms with Gasteiger partial charge in [-0.25, -0.2) is 0 Å². The Kier molecular flexibility index (Phi) is 4.52. The molecule has 2 aromatic rings. The normalized spacial score (nSPS) is 10.6. The lowest BCUT2D eigenvalue weighted by Crippen LogP contribution is -2.12. The van der Waals surface area contributed by atoms with Gasteiger partial charge < -0.3 is 11.1 Å². The maximum Gasteiger partial charge on any atom is 0.256 e. The first-order valence-electron chi connectivity index (χ1n) is 6.11. The van der Waals surface area contributed by atoms with Crippen LogP contribution in [0.5, 0.6) is 0 Å². The second-order valence-corrected chi connectivity index (χ2v) is 5.15. The number of benzene rings is 1. The Morgan fingerprint density at radius 2 is 2.00 bits per heavy atom. The van der Waals surface area contributed by atoms with Gasteiger partial charge in [0.05, 0.1) is 15.7 Å². The Morgan fingerprint density at radius 3 is 2.60 bits per heavy atom. The van der Waals surface area contributed by atoms with Gasteiger partial charge in [0.25, 0.3) is 5.91 Å². The van der Waals surface area contributed by atoms with Crippen LogP contribution < -0.4 is 11.1 Å². The second-order valence-electron chi connectivity index (χ2n) is 4.34. The number of carbonyl (C=O) groups excluding carboxylic acids is 1. The number of hydrogen-bond acceptors (Lipinski definition) is 3. The summed E-state index contributed by atoms with van der Waals surface area (Å²) < 4.78 is 0. The number of nitrogens with one attached hydrogen (secondary N) is 2. The Hall–Kier alpha value is -1.72. The van der Waals surface area contributed by atoms with Crippen LogP contribution in [0.15, 0.2) is 18.2 Å². The third kappa shape index (κ3) is 3.23. The van der Waals surface area contributed by atoms with Crippen molar-refractivity contribution >= 4 is 40.6 Å². The third-order valence-corrected chi connectivity index (χ3v) is 3.36. The molecule has 20 heavy (non-hydrogen) atoms. The summed E-state index contributed by atoms with van der Waals surface area (Å²) in [7, 11) is 0. The number of amides is 1. The molecule has 0 aliphatic rings. The van der Waals surface area contributed by atoms with Crippen LogP contribution in [-0.4, -0.2) is 16.1 Å². The summed E-state index contributed by atoms with van der Waals surface area (Å²) in [6, 6.07) is 4.73. The first-order chi connectivity index (χ1) is 9.51. The molecule has 106 valence electrons. The van der Waals surface area contributed by atoms with Gasteiger partial charge in [-0.3, -0.25) is 9.89 Å². The summed E-state index contributed by atoms with van der Waals surface area (Å²) >= 11 is 11.8. The van der Waals surface area contributed by atoms with Gasteiger partial charge in [-0.05, 0) is 18.6 Å². The molecule has 1 aromatic carbocycles. The molecule has 0 atom stereocenters. The molecule has 0 saturated heterocycles. The van der Waals surface area contributed by atoms with Gasteiger partial charge in [0, 0.05) is 17.3 Å². The number of H-pyrrole nitrogens is 1. The Morgan fingerprint density at radius 1 is 1.35 bits per heavy atom. The minimum Gasteiger partial charge on any atom is -0.396 e. The van der Waals surface area contributed by atoms with E-state index in [9.17, 15) is 4.79 Å². The van der Waals surface area contributed by atoms with Crippen molar-refractivity contribution in [2.45, 2.75) is 19.8 Å². The van der Waals surface area contributed by atoms with E-state index in [1.54, 1.807) is 6.07 Å². The zero-order valence-electron chi connectivity index (χ0n) is 10.8. The lowest BCUT2D eigenvalue weighted by Gasteiger charge is -2.06. The topological polar surface area (TPSA) is 83.8 Å². The molecule has 2 rings (SSSR count). The molecule has 5 nitrogen and oxygen atoms in total. The zero-order valence-corrected chi connectivity index (χ0v) is 12.3. The molecule has 0 fully saturated rings. The minimum atomic E-state index is -0.344. The summed E-state index contributed by atoms with van der Waals surface area (Å²) in [6.45, 7) is 2.07. The average Bonchev–Trinajstić information content (AvgIpc) is 2.83. The first kappa shape index (κ1) is 14.7. The zero-order chi connectivity index (χ0) is 14.7. The molecule has 1 amide bonds. The lowest BCUT2D eigenvalue weighted by molar-refractivity contribution is 0.102. The molecule has 1 heterocycles. The van der Waals surface area contributed by atoms with Gasteiger partial charge in [-0.15, -0.1) is 0 Å². The fourth-order valence-electron chi connectivity index (χ4n) is 1.73. The van der Waals surface area contributed by atoms with E-state index in [4.69, 9.17) is 28.9 Å². The summed E-state index contributed by atoms with van der Waals surface area (Å²) in [6.07, 6.45) is 1.88. The highest BCUT2D eigenvalue weighted by molar-refractivity contribution is 6.39. The quantitative estimate of drug-likeness (QED) is 0.755. The van der Waals surface area contributed by atoms with Crippen molar-refractivity contribution < 1.29 is 4.79 Å². The van der Waals surface area contributed by atoms with Gasteiger partial charge in [0.1, 0.15) is 0 Å². The summed E-state index contributed by atoms with van der Waals surface area (Å²) in [5.41, 5.74) is 7.18. The van der Waals surface area contributed by atoms with Crippen molar-refractivity contribution in [3.8, 4) is 0 Å². The third-order valence-electron chi connectivity index (χ3n) is 2.73. The van der Waals surface area contributed by atoms with Gasteiger partial charge >= 0.3 is 0 Å². The Balaban J connectivity index is 2.15. The standard InChI is InChI=1S/C13H14Cl2N4O/c1-2-3-8-6-11(19-18-8)17-13(20)7-4-9(14)12(16)10(15)5-7/h4-6H,2-3,16H2,1H3,(H2,17,18,19,20). The maximum absolute atomic E-state index is 12.1. The average molecular weight is 313 g/mol. The van der Waals surface area contributed by atoms with Gasteiger partial charge in [0.15, 0.2) is 5.82 Å². The Bertz CT molecular complexity index is 616. The van der Waals surface area contributed by atoms with E-state index in [2.05, 4.69) is 22.4 Å². The molecule has 0 spiro atoms. The van der Waals surface area contributed by atoms with E-state index in [1.165, 1.54) is 12.1 Å². The van der Waals surface area contributed by atoms with Crippen LogP contribution in [0.2, 0.25) is 10.0 Å². The maximum atomic E-state index is 12.1. The molecule has 7 heteroatoms. The number of nitrogen functional groups attached to an aromatic ring is 1. The van der Waals surface area contributed by atoms with E-state index in [0.29, 0.717) is 11.4 Å². The van der Waals surface area contributed by atoms with Crippen LogP contribution in [0.1, 0.15) is 29.4 Å². The SMILES string of the molecule is CCCc1cc(NC(=O)c2cc(Cl)c(N)c(Cl)c2)n[nH]1.